The first-order valence-electron chi connectivity index (χ1n) is 6.89. The van der Waals surface area contributed by atoms with Crippen molar-refractivity contribution in [1.82, 2.24) is 14.8 Å². The lowest BCUT2D eigenvalue weighted by Gasteiger charge is -2.24. The van der Waals surface area contributed by atoms with Crippen LogP contribution in [0.15, 0.2) is 6.33 Å². The summed E-state index contributed by atoms with van der Waals surface area (Å²) in [6.45, 7) is 2.96. The van der Waals surface area contributed by atoms with Gasteiger partial charge in [0, 0.05) is 12.5 Å². The summed E-state index contributed by atoms with van der Waals surface area (Å²) in [7, 11) is 0. The monoisotopic (exact) mass is 236 g/mol. The molecular weight excluding hydrogens is 212 g/mol. The van der Waals surface area contributed by atoms with Gasteiger partial charge in [-0.2, -0.15) is 0 Å². The van der Waals surface area contributed by atoms with Gasteiger partial charge in [0.1, 0.15) is 12.2 Å². The first-order valence-corrected chi connectivity index (χ1v) is 6.89. The zero-order valence-electron chi connectivity index (χ0n) is 10.8. The van der Waals surface area contributed by atoms with E-state index in [-0.39, 0.29) is 0 Å². The highest BCUT2D eigenvalue weighted by Gasteiger charge is 2.18. The summed E-state index contributed by atoms with van der Waals surface area (Å²) in [5.74, 6) is 1.73. The number of nitrogens with two attached hydrogens (primary N) is 1. The zero-order chi connectivity index (χ0) is 12.1. The van der Waals surface area contributed by atoms with Crippen molar-refractivity contribution in [2.75, 3.05) is 6.54 Å². The van der Waals surface area contributed by atoms with Gasteiger partial charge in [0.25, 0.3) is 0 Å². The Bertz CT molecular complexity index is 328. The highest BCUT2D eigenvalue weighted by atomic mass is 15.3. The Morgan fingerprint density at radius 2 is 2.18 bits per heavy atom. The van der Waals surface area contributed by atoms with E-state index in [9.17, 15) is 0 Å². The van der Waals surface area contributed by atoms with Gasteiger partial charge in [0.2, 0.25) is 0 Å². The van der Waals surface area contributed by atoms with Crippen molar-refractivity contribution in [3.05, 3.63) is 12.2 Å². The molecule has 1 heterocycles. The van der Waals surface area contributed by atoms with Gasteiger partial charge >= 0.3 is 0 Å². The lowest BCUT2D eigenvalue weighted by Crippen LogP contribution is -2.17. The summed E-state index contributed by atoms with van der Waals surface area (Å²) in [4.78, 5) is 0. The van der Waals surface area contributed by atoms with Crippen LogP contribution in [-0.2, 0) is 6.42 Å². The molecule has 0 spiro atoms. The van der Waals surface area contributed by atoms with Gasteiger partial charge in [-0.25, -0.2) is 0 Å². The molecule has 1 aliphatic carbocycles. The second-order valence-electron chi connectivity index (χ2n) is 5.33. The Labute approximate surface area is 104 Å². The van der Waals surface area contributed by atoms with Crippen LogP contribution in [0.2, 0.25) is 0 Å². The van der Waals surface area contributed by atoms with Crippen LogP contribution in [0.1, 0.15) is 57.3 Å². The SMILES string of the molecule is CC(CN)CCc1nncn1C1CCCCC1. The van der Waals surface area contributed by atoms with Crippen LogP contribution in [0, 0.1) is 5.92 Å². The van der Waals surface area contributed by atoms with Gasteiger partial charge in [0.05, 0.1) is 0 Å². The highest BCUT2D eigenvalue weighted by molar-refractivity contribution is 4.91. The molecule has 1 unspecified atom stereocenters. The molecule has 1 saturated carbocycles. The smallest absolute Gasteiger partial charge is 0.133 e. The third kappa shape index (κ3) is 3.28. The maximum absolute atomic E-state index is 5.65. The van der Waals surface area contributed by atoms with E-state index >= 15 is 0 Å². The van der Waals surface area contributed by atoms with E-state index in [2.05, 4.69) is 21.7 Å². The van der Waals surface area contributed by atoms with Crippen molar-refractivity contribution in [3.8, 4) is 0 Å². The molecule has 1 aliphatic rings. The molecule has 0 bridgehead atoms. The van der Waals surface area contributed by atoms with Gasteiger partial charge in [0.15, 0.2) is 0 Å². The molecule has 0 radical (unpaired) electrons. The summed E-state index contributed by atoms with van der Waals surface area (Å²) in [6.07, 6.45) is 10.7. The fourth-order valence-electron chi connectivity index (χ4n) is 2.60. The maximum Gasteiger partial charge on any atom is 0.133 e. The van der Waals surface area contributed by atoms with Gasteiger partial charge in [-0.3, -0.25) is 0 Å². The predicted octanol–water partition coefficient (Wildman–Crippen LogP) is 2.31. The third-order valence-electron chi connectivity index (χ3n) is 3.88. The number of hydrogen-bond donors (Lipinski definition) is 1. The second-order valence-corrected chi connectivity index (χ2v) is 5.33. The molecule has 2 N–H and O–H groups in total. The summed E-state index contributed by atoms with van der Waals surface area (Å²) >= 11 is 0. The van der Waals surface area contributed by atoms with Crippen molar-refractivity contribution in [3.63, 3.8) is 0 Å². The van der Waals surface area contributed by atoms with Crippen molar-refractivity contribution in [2.45, 2.75) is 57.9 Å². The van der Waals surface area contributed by atoms with Gasteiger partial charge in [-0.15, -0.1) is 10.2 Å². The van der Waals surface area contributed by atoms with Crippen LogP contribution in [0.25, 0.3) is 0 Å². The molecule has 96 valence electrons. The van der Waals surface area contributed by atoms with Crippen molar-refractivity contribution in [1.29, 1.82) is 0 Å². The zero-order valence-corrected chi connectivity index (χ0v) is 10.8. The number of aryl methyl sites for hydroxylation is 1. The van der Waals surface area contributed by atoms with E-state index in [4.69, 9.17) is 5.73 Å². The summed E-state index contributed by atoms with van der Waals surface area (Å²) in [5, 5.41) is 8.35. The minimum absolute atomic E-state index is 0.575. The molecule has 1 aromatic rings. The molecule has 0 aliphatic heterocycles. The van der Waals surface area contributed by atoms with Crippen LogP contribution < -0.4 is 5.73 Å². The molecule has 0 saturated heterocycles. The Morgan fingerprint density at radius 3 is 2.88 bits per heavy atom. The Kier molecular flexibility index (Phi) is 4.54. The number of hydrogen-bond acceptors (Lipinski definition) is 3. The molecule has 4 heteroatoms. The summed E-state index contributed by atoms with van der Waals surface area (Å²) in [6, 6.07) is 0.641. The number of nitrogens with zero attached hydrogens (tertiary/aromatic N) is 3. The Hall–Kier alpha value is -0.900. The summed E-state index contributed by atoms with van der Waals surface area (Å²) in [5.41, 5.74) is 5.65. The van der Waals surface area contributed by atoms with E-state index in [0.29, 0.717) is 12.0 Å². The van der Waals surface area contributed by atoms with Crippen molar-refractivity contribution < 1.29 is 0 Å². The van der Waals surface area contributed by atoms with Gasteiger partial charge in [-0.05, 0) is 31.7 Å². The van der Waals surface area contributed by atoms with E-state index in [1.807, 2.05) is 6.33 Å². The van der Waals surface area contributed by atoms with Crippen molar-refractivity contribution in [2.24, 2.45) is 11.7 Å². The van der Waals surface area contributed by atoms with E-state index in [0.717, 1.165) is 25.2 Å². The average molecular weight is 236 g/mol. The first kappa shape index (κ1) is 12.6. The lowest BCUT2D eigenvalue weighted by atomic mass is 9.95. The molecule has 1 fully saturated rings. The van der Waals surface area contributed by atoms with Gasteiger partial charge < -0.3 is 10.3 Å². The van der Waals surface area contributed by atoms with Gasteiger partial charge in [-0.1, -0.05) is 26.2 Å². The number of aromatic nitrogens is 3. The quantitative estimate of drug-likeness (QED) is 0.853. The molecular formula is C13H24N4. The molecule has 17 heavy (non-hydrogen) atoms. The summed E-state index contributed by atoms with van der Waals surface area (Å²) < 4.78 is 2.31. The minimum Gasteiger partial charge on any atom is -0.330 e. The molecule has 0 amide bonds. The van der Waals surface area contributed by atoms with Crippen LogP contribution in [0.5, 0.6) is 0 Å². The van der Waals surface area contributed by atoms with E-state index in [1.165, 1.54) is 32.1 Å². The molecule has 1 atom stereocenters. The predicted molar refractivity (Wildman–Crippen MR) is 68.7 cm³/mol. The normalized spacial score (nSPS) is 19.4. The fraction of sp³-hybridized carbons (Fsp3) is 0.846. The maximum atomic E-state index is 5.65. The second kappa shape index (κ2) is 6.15. The largest absolute Gasteiger partial charge is 0.330 e. The standard InChI is InChI=1S/C13H24N4/c1-11(9-14)7-8-13-16-15-10-17(13)12-5-3-2-4-6-12/h10-12H,2-9,14H2,1H3. The van der Waals surface area contributed by atoms with E-state index in [1.54, 1.807) is 0 Å². The lowest BCUT2D eigenvalue weighted by molar-refractivity contribution is 0.343. The fourth-order valence-corrected chi connectivity index (χ4v) is 2.60. The first-order chi connectivity index (χ1) is 8.31. The van der Waals surface area contributed by atoms with Crippen LogP contribution in [-0.4, -0.2) is 21.3 Å². The van der Waals surface area contributed by atoms with Crippen molar-refractivity contribution >= 4 is 0 Å². The third-order valence-corrected chi connectivity index (χ3v) is 3.88. The molecule has 2 rings (SSSR count). The Morgan fingerprint density at radius 1 is 1.41 bits per heavy atom. The Balaban J connectivity index is 1.95. The molecule has 1 aromatic heterocycles. The minimum atomic E-state index is 0.575. The topological polar surface area (TPSA) is 56.7 Å². The van der Waals surface area contributed by atoms with E-state index < -0.39 is 0 Å². The number of rotatable bonds is 5. The molecule has 0 aromatic carbocycles. The highest BCUT2D eigenvalue weighted by Crippen LogP contribution is 2.28. The van der Waals surface area contributed by atoms with Crippen LogP contribution in [0.4, 0.5) is 0 Å². The van der Waals surface area contributed by atoms with Crippen LogP contribution >= 0.6 is 0 Å². The molecule has 4 nitrogen and oxygen atoms in total. The average Bonchev–Trinajstić information content (AvgIpc) is 2.85. The van der Waals surface area contributed by atoms with Crippen LogP contribution in [0.3, 0.4) is 0 Å².